The molecule has 2 aliphatic heterocycles. The van der Waals surface area contributed by atoms with E-state index in [2.05, 4.69) is 10.6 Å². The van der Waals surface area contributed by atoms with Crippen LogP contribution in [0, 0.1) is 5.41 Å². The molecule has 0 saturated carbocycles. The number of para-hydroxylation sites is 2. The van der Waals surface area contributed by atoms with Crippen LogP contribution in [0.15, 0.2) is 48.5 Å². The van der Waals surface area contributed by atoms with Gasteiger partial charge >= 0.3 is 6.03 Å². The molecule has 2 aromatic rings. The van der Waals surface area contributed by atoms with Crippen LogP contribution in [0.3, 0.4) is 0 Å². The van der Waals surface area contributed by atoms with Gasteiger partial charge in [-0.1, -0.05) is 29.8 Å². The molecular weight excluding hydrogens is 480 g/mol. The number of rotatable bonds is 5. The standard InChI is InChI=1S/C27H31ClN4O4/c1-19(33)29-23-17-21(28)9-7-20(23)8-10-25(34)32-16-13-27(18-32)11-14-31(15-12-27)26(35)30-22-5-3-4-6-24(22)36-2/h3-10,17H,11-16,18H2,1-2H3,(H,29,33)(H,30,35)/b10-8+. The van der Waals surface area contributed by atoms with Gasteiger partial charge in [0.1, 0.15) is 5.75 Å². The van der Waals surface area contributed by atoms with Crippen molar-refractivity contribution in [3.63, 3.8) is 0 Å². The number of anilines is 2. The van der Waals surface area contributed by atoms with Gasteiger partial charge in [-0.2, -0.15) is 0 Å². The smallest absolute Gasteiger partial charge is 0.321 e. The summed E-state index contributed by atoms with van der Waals surface area (Å²) >= 11 is 6.05. The fourth-order valence-corrected chi connectivity index (χ4v) is 5.07. The number of benzene rings is 2. The third-order valence-electron chi connectivity index (χ3n) is 6.94. The number of hydrogen-bond acceptors (Lipinski definition) is 4. The molecule has 190 valence electrons. The summed E-state index contributed by atoms with van der Waals surface area (Å²) < 4.78 is 5.32. The van der Waals surface area contributed by atoms with Crippen molar-refractivity contribution in [3.05, 3.63) is 59.1 Å². The van der Waals surface area contributed by atoms with E-state index >= 15 is 0 Å². The van der Waals surface area contributed by atoms with E-state index in [0.717, 1.165) is 19.3 Å². The Morgan fingerprint density at radius 2 is 1.67 bits per heavy atom. The quantitative estimate of drug-likeness (QED) is 0.562. The Kier molecular flexibility index (Phi) is 7.84. The minimum absolute atomic E-state index is 0.0341. The summed E-state index contributed by atoms with van der Waals surface area (Å²) in [5.74, 6) is 0.356. The number of halogens is 1. The van der Waals surface area contributed by atoms with Gasteiger partial charge < -0.3 is 25.2 Å². The van der Waals surface area contributed by atoms with Crippen LogP contribution >= 0.6 is 11.6 Å². The normalized spacial score (nSPS) is 16.9. The summed E-state index contributed by atoms with van der Waals surface area (Å²) in [4.78, 5) is 40.9. The zero-order valence-electron chi connectivity index (χ0n) is 20.6. The van der Waals surface area contributed by atoms with Gasteiger partial charge in [0, 0.05) is 49.9 Å². The van der Waals surface area contributed by atoms with Gasteiger partial charge in [-0.05, 0) is 60.6 Å². The highest BCUT2D eigenvalue weighted by molar-refractivity contribution is 6.31. The second kappa shape index (κ2) is 11.0. The van der Waals surface area contributed by atoms with Crippen molar-refractivity contribution in [3.8, 4) is 5.75 Å². The lowest BCUT2D eigenvalue weighted by atomic mass is 9.78. The summed E-state index contributed by atoms with van der Waals surface area (Å²) in [5, 5.41) is 6.19. The van der Waals surface area contributed by atoms with Crippen molar-refractivity contribution in [2.75, 3.05) is 43.9 Å². The molecule has 0 bridgehead atoms. The Morgan fingerprint density at radius 1 is 0.972 bits per heavy atom. The van der Waals surface area contributed by atoms with Crippen molar-refractivity contribution >= 4 is 46.9 Å². The van der Waals surface area contributed by atoms with E-state index in [0.29, 0.717) is 53.9 Å². The molecule has 0 unspecified atom stereocenters. The van der Waals surface area contributed by atoms with E-state index in [9.17, 15) is 14.4 Å². The molecule has 9 heteroatoms. The second-order valence-corrected chi connectivity index (χ2v) is 9.81. The van der Waals surface area contributed by atoms with Crippen LogP contribution < -0.4 is 15.4 Å². The number of likely N-dealkylation sites (tertiary alicyclic amines) is 2. The Balaban J connectivity index is 1.32. The third kappa shape index (κ3) is 5.99. The number of piperidine rings is 1. The van der Waals surface area contributed by atoms with Crippen LogP contribution in [0.5, 0.6) is 5.75 Å². The molecule has 2 N–H and O–H groups in total. The van der Waals surface area contributed by atoms with E-state index in [4.69, 9.17) is 16.3 Å². The number of urea groups is 1. The van der Waals surface area contributed by atoms with Gasteiger partial charge in [0.2, 0.25) is 11.8 Å². The molecule has 1 spiro atoms. The van der Waals surface area contributed by atoms with Gasteiger partial charge in [0.25, 0.3) is 0 Å². The van der Waals surface area contributed by atoms with E-state index < -0.39 is 0 Å². The summed E-state index contributed by atoms with van der Waals surface area (Å²) in [6, 6.07) is 12.4. The average molecular weight is 511 g/mol. The number of hydrogen-bond donors (Lipinski definition) is 2. The molecule has 4 amide bonds. The molecule has 0 aromatic heterocycles. The predicted molar refractivity (Wildman–Crippen MR) is 141 cm³/mol. The molecular formula is C27H31ClN4O4. The number of carbonyl (C=O) groups is 3. The highest BCUT2D eigenvalue weighted by Gasteiger charge is 2.42. The molecule has 2 heterocycles. The first kappa shape index (κ1) is 25.6. The van der Waals surface area contributed by atoms with E-state index in [1.54, 1.807) is 37.5 Å². The first-order valence-corrected chi connectivity index (χ1v) is 12.4. The van der Waals surface area contributed by atoms with Crippen molar-refractivity contribution in [1.82, 2.24) is 9.80 Å². The zero-order valence-corrected chi connectivity index (χ0v) is 21.3. The first-order valence-electron chi connectivity index (χ1n) is 12.0. The van der Waals surface area contributed by atoms with Crippen molar-refractivity contribution in [2.24, 2.45) is 5.41 Å². The Labute approximate surface area is 216 Å². The average Bonchev–Trinajstić information content (AvgIpc) is 3.27. The Bertz CT molecular complexity index is 1170. The second-order valence-electron chi connectivity index (χ2n) is 9.37. The molecule has 2 saturated heterocycles. The molecule has 0 aliphatic carbocycles. The van der Waals surface area contributed by atoms with Crippen molar-refractivity contribution in [1.29, 1.82) is 0 Å². The zero-order chi connectivity index (χ0) is 25.7. The van der Waals surface area contributed by atoms with Crippen LogP contribution in [-0.4, -0.2) is 60.9 Å². The van der Waals surface area contributed by atoms with Crippen LogP contribution in [-0.2, 0) is 9.59 Å². The van der Waals surface area contributed by atoms with Crippen LogP contribution in [0.25, 0.3) is 6.08 Å². The topological polar surface area (TPSA) is 91.0 Å². The summed E-state index contributed by atoms with van der Waals surface area (Å²) in [7, 11) is 1.58. The monoisotopic (exact) mass is 510 g/mol. The molecule has 8 nitrogen and oxygen atoms in total. The number of ether oxygens (including phenoxy) is 1. The lowest BCUT2D eigenvalue weighted by molar-refractivity contribution is -0.125. The van der Waals surface area contributed by atoms with Gasteiger partial charge in [0.05, 0.1) is 12.8 Å². The number of methoxy groups -OCH3 is 1. The number of nitrogens with one attached hydrogen (secondary N) is 2. The molecule has 2 aliphatic rings. The van der Waals surface area contributed by atoms with Gasteiger partial charge in [0.15, 0.2) is 0 Å². The molecule has 2 fully saturated rings. The van der Waals surface area contributed by atoms with Crippen molar-refractivity contribution in [2.45, 2.75) is 26.2 Å². The molecule has 36 heavy (non-hydrogen) atoms. The number of nitrogens with zero attached hydrogens (tertiary/aromatic N) is 2. The lowest BCUT2D eigenvalue weighted by Crippen LogP contribution is -2.46. The molecule has 4 rings (SSSR count). The summed E-state index contributed by atoms with van der Waals surface area (Å²) in [6.45, 7) is 4.08. The maximum atomic E-state index is 12.9. The largest absolute Gasteiger partial charge is 0.495 e. The van der Waals surface area contributed by atoms with E-state index in [1.807, 2.05) is 34.1 Å². The number of carbonyl (C=O) groups excluding carboxylic acids is 3. The first-order chi connectivity index (χ1) is 17.3. The van der Waals surface area contributed by atoms with E-state index in [-0.39, 0.29) is 23.3 Å². The van der Waals surface area contributed by atoms with Crippen molar-refractivity contribution < 1.29 is 19.1 Å². The Hall–Kier alpha value is -3.52. The molecule has 0 radical (unpaired) electrons. The van der Waals surface area contributed by atoms with Crippen LogP contribution in [0.4, 0.5) is 16.2 Å². The van der Waals surface area contributed by atoms with Gasteiger partial charge in [-0.25, -0.2) is 4.79 Å². The van der Waals surface area contributed by atoms with Crippen LogP contribution in [0.2, 0.25) is 5.02 Å². The highest BCUT2D eigenvalue weighted by atomic mass is 35.5. The molecule has 0 atom stereocenters. The Morgan fingerprint density at radius 3 is 2.36 bits per heavy atom. The fraction of sp³-hybridized carbons (Fsp3) is 0.370. The molecule has 2 aromatic carbocycles. The lowest BCUT2D eigenvalue weighted by Gasteiger charge is -2.39. The minimum Gasteiger partial charge on any atom is -0.495 e. The third-order valence-corrected chi connectivity index (χ3v) is 7.18. The van der Waals surface area contributed by atoms with Gasteiger partial charge in [-0.3, -0.25) is 9.59 Å². The SMILES string of the molecule is COc1ccccc1NC(=O)N1CCC2(CCN(C(=O)/C=C/c3ccc(Cl)cc3NC(C)=O)C2)CC1. The summed E-state index contributed by atoms with van der Waals surface area (Å²) in [6.07, 6.45) is 5.88. The van der Waals surface area contributed by atoms with Gasteiger partial charge in [-0.15, -0.1) is 0 Å². The highest BCUT2D eigenvalue weighted by Crippen LogP contribution is 2.40. The predicted octanol–water partition coefficient (Wildman–Crippen LogP) is 4.87. The maximum Gasteiger partial charge on any atom is 0.321 e. The minimum atomic E-state index is -0.206. The van der Waals surface area contributed by atoms with E-state index in [1.165, 1.54) is 6.92 Å². The summed E-state index contributed by atoms with van der Waals surface area (Å²) in [5.41, 5.74) is 1.96. The van der Waals surface area contributed by atoms with Crippen LogP contribution in [0.1, 0.15) is 31.7 Å². The maximum absolute atomic E-state index is 12.9. The number of amides is 4. The fourth-order valence-electron chi connectivity index (χ4n) is 4.90.